The van der Waals surface area contributed by atoms with Gasteiger partial charge in [0.25, 0.3) is 0 Å². The van der Waals surface area contributed by atoms with Crippen molar-refractivity contribution in [3.63, 3.8) is 0 Å². The minimum atomic E-state index is -2.87. The van der Waals surface area contributed by atoms with Crippen molar-refractivity contribution in [3.05, 3.63) is 48.8 Å². The van der Waals surface area contributed by atoms with Crippen LogP contribution in [0.4, 0.5) is 26.2 Å². The summed E-state index contributed by atoms with van der Waals surface area (Å²) < 4.78 is 40.2. The maximum Gasteiger partial charge on any atom is 0.387 e. The Morgan fingerprint density at radius 1 is 1.06 bits per heavy atom. The number of morpholine rings is 1. The molecule has 10 heteroatoms. The van der Waals surface area contributed by atoms with Gasteiger partial charge in [-0.05, 0) is 43.7 Å². The van der Waals surface area contributed by atoms with Crippen LogP contribution in [0.1, 0.15) is 13.8 Å². The lowest BCUT2D eigenvalue weighted by molar-refractivity contribution is -0.0498. The van der Waals surface area contributed by atoms with Gasteiger partial charge in [0.05, 0.1) is 32.4 Å². The molecule has 3 heterocycles. The molecule has 1 fully saturated rings. The lowest BCUT2D eigenvalue weighted by atomic mass is 10.1. The number of alkyl halides is 2. The second-order valence-corrected chi connectivity index (χ2v) is 7.69. The molecule has 33 heavy (non-hydrogen) atoms. The third kappa shape index (κ3) is 5.28. The molecule has 0 spiro atoms. The highest BCUT2D eigenvalue weighted by molar-refractivity contribution is 5.72. The van der Waals surface area contributed by atoms with Gasteiger partial charge in [0, 0.05) is 18.0 Å². The highest BCUT2D eigenvalue weighted by atomic mass is 19.3. The number of nitrogens with zero attached hydrogens (tertiary/aromatic N) is 4. The van der Waals surface area contributed by atoms with Crippen molar-refractivity contribution in [2.45, 2.75) is 32.5 Å². The molecule has 3 aromatic rings. The first-order valence-corrected chi connectivity index (χ1v) is 10.5. The topological polar surface area (TPSA) is 81.6 Å². The molecule has 1 aromatic carbocycles. The normalized spacial score (nSPS) is 18.3. The SMILES string of the molecule is COc1ncc(-c2ccc(OC(F)F)cc2)cc1Nc1ccnc(N2C(C)COCC2C)n1. The van der Waals surface area contributed by atoms with Gasteiger partial charge in [0.15, 0.2) is 0 Å². The van der Waals surface area contributed by atoms with Gasteiger partial charge in [-0.2, -0.15) is 13.8 Å². The van der Waals surface area contributed by atoms with Gasteiger partial charge < -0.3 is 24.4 Å². The molecule has 1 aliphatic rings. The fourth-order valence-electron chi connectivity index (χ4n) is 3.77. The number of rotatable bonds is 7. The van der Waals surface area contributed by atoms with Crippen LogP contribution >= 0.6 is 0 Å². The summed E-state index contributed by atoms with van der Waals surface area (Å²) in [5.41, 5.74) is 2.16. The van der Waals surface area contributed by atoms with E-state index < -0.39 is 6.61 Å². The number of ether oxygens (including phenoxy) is 3. The van der Waals surface area contributed by atoms with E-state index >= 15 is 0 Å². The molecule has 2 atom stereocenters. The minimum Gasteiger partial charge on any atom is -0.480 e. The highest BCUT2D eigenvalue weighted by Crippen LogP contribution is 2.31. The van der Waals surface area contributed by atoms with Crippen LogP contribution in [-0.2, 0) is 4.74 Å². The molecule has 8 nitrogen and oxygen atoms in total. The zero-order valence-corrected chi connectivity index (χ0v) is 18.5. The number of pyridine rings is 1. The van der Waals surface area contributed by atoms with E-state index in [9.17, 15) is 8.78 Å². The van der Waals surface area contributed by atoms with Gasteiger partial charge in [-0.25, -0.2) is 9.97 Å². The Labute approximate surface area is 190 Å². The van der Waals surface area contributed by atoms with Gasteiger partial charge in [0.1, 0.15) is 17.3 Å². The molecule has 0 saturated carbocycles. The molecular formula is C23H25F2N5O3. The largest absolute Gasteiger partial charge is 0.480 e. The zero-order valence-electron chi connectivity index (χ0n) is 18.5. The summed E-state index contributed by atoms with van der Waals surface area (Å²) >= 11 is 0. The molecule has 0 bridgehead atoms. The third-order valence-electron chi connectivity index (χ3n) is 5.26. The van der Waals surface area contributed by atoms with Crippen LogP contribution in [0.3, 0.4) is 0 Å². The Balaban J connectivity index is 1.59. The van der Waals surface area contributed by atoms with Crippen LogP contribution < -0.4 is 19.7 Å². The molecular weight excluding hydrogens is 432 g/mol. The van der Waals surface area contributed by atoms with Crippen LogP contribution in [0, 0.1) is 0 Å². The maximum absolute atomic E-state index is 12.4. The molecule has 1 N–H and O–H groups in total. The standard InChI is InChI=1S/C23H25F2N5O3/c1-14-12-32-13-15(2)30(14)23-26-9-8-20(29-23)28-19-10-17(11-27-21(19)31-3)16-4-6-18(7-5-16)33-22(24)25/h4-11,14-15,22H,12-13H2,1-3H3,(H,26,28,29). The Morgan fingerprint density at radius 3 is 2.45 bits per heavy atom. The molecule has 1 saturated heterocycles. The average molecular weight is 457 g/mol. The monoisotopic (exact) mass is 457 g/mol. The van der Waals surface area contributed by atoms with Gasteiger partial charge in [0.2, 0.25) is 11.8 Å². The Hall–Kier alpha value is -3.53. The quantitative estimate of drug-likeness (QED) is 0.555. The first kappa shape index (κ1) is 22.7. The number of methoxy groups -OCH3 is 1. The van der Waals surface area contributed by atoms with E-state index in [0.29, 0.717) is 36.5 Å². The van der Waals surface area contributed by atoms with E-state index in [0.717, 1.165) is 11.1 Å². The van der Waals surface area contributed by atoms with Crippen molar-refractivity contribution in [2.75, 3.05) is 30.5 Å². The van der Waals surface area contributed by atoms with Crippen molar-refractivity contribution in [3.8, 4) is 22.8 Å². The lowest BCUT2D eigenvalue weighted by Gasteiger charge is -2.38. The number of aromatic nitrogens is 3. The van der Waals surface area contributed by atoms with Gasteiger partial charge in [-0.15, -0.1) is 0 Å². The summed E-state index contributed by atoms with van der Waals surface area (Å²) in [4.78, 5) is 15.6. The third-order valence-corrected chi connectivity index (χ3v) is 5.26. The Kier molecular flexibility index (Phi) is 6.83. The highest BCUT2D eigenvalue weighted by Gasteiger charge is 2.27. The van der Waals surface area contributed by atoms with Crippen LogP contribution in [0.15, 0.2) is 48.8 Å². The minimum absolute atomic E-state index is 0.0913. The van der Waals surface area contributed by atoms with Crippen molar-refractivity contribution >= 4 is 17.5 Å². The number of hydrogen-bond donors (Lipinski definition) is 1. The van der Waals surface area contributed by atoms with E-state index in [1.807, 2.05) is 6.07 Å². The van der Waals surface area contributed by atoms with Crippen molar-refractivity contribution in [1.82, 2.24) is 15.0 Å². The Morgan fingerprint density at radius 2 is 1.79 bits per heavy atom. The number of halogens is 2. The van der Waals surface area contributed by atoms with Crippen molar-refractivity contribution < 1.29 is 23.0 Å². The molecule has 2 aromatic heterocycles. The van der Waals surface area contributed by atoms with Crippen LogP contribution in [0.25, 0.3) is 11.1 Å². The number of anilines is 3. The lowest BCUT2D eigenvalue weighted by Crippen LogP contribution is -2.50. The van der Waals surface area contributed by atoms with Gasteiger partial charge >= 0.3 is 6.61 Å². The van der Waals surface area contributed by atoms with E-state index in [-0.39, 0.29) is 17.8 Å². The molecule has 0 amide bonds. The zero-order chi connectivity index (χ0) is 23.4. The van der Waals surface area contributed by atoms with Crippen molar-refractivity contribution in [1.29, 1.82) is 0 Å². The number of hydrogen-bond acceptors (Lipinski definition) is 8. The van der Waals surface area contributed by atoms with Crippen molar-refractivity contribution in [2.24, 2.45) is 0 Å². The second-order valence-electron chi connectivity index (χ2n) is 7.69. The number of nitrogens with one attached hydrogen (secondary N) is 1. The summed E-state index contributed by atoms with van der Waals surface area (Å²) in [6, 6.07) is 10.3. The summed E-state index contributed by atoms with van der Waals surface area (Å²) in [5, 5.41) is 3.26. The summed E-state index contributed by atoms with van der Waals surface area (Å²) in [6.07, 6.45) is 3.35. The molecule has 2 unspecified atom stereocenters. The molecule has 0 radical (unpaired) electrons. The van der Waals surface area contributed by atoms with E-state index in [1.165, 1.54) is 19.2 Å². The first-order chi connectivity index (χ1) is 15.9. The maximum atomic E-state index is 12.4. The summed E-state index contributed by atoms with van der Waals surface area (Å²) in [7, 11) is 1.53. The van der Waals surface area contributed by atoms with Crippen LogP contribution in [0.2, 0.25) is 0 Å². The summed E-state index contributed by atoms with van der Waals surface area (Å²) in [5.74, 6) is 1.68. The first-order valence-electron chi connectivity index (χ1n) is 10.5. The second kappa shape index (κ2) is 9.95. The van der Waals surface area contributed by atoms with Crippen LogP contribution in [-0.4, -0.2) is 54.0 Å². The predicted molar refractivity (Wildman–Crippen MR) is 120 cm³/mol. The molecule has 0 aliphatic carbocycles. The van der Waals surface area contributed by atoms with E-state index in [1.54, 1.807) is 30.6 Å². The van der Waals surface area contributed by atoms with Gasteiger partial charge in [-0.1, -0.05) is 12.1 Å². The van der Waals surface area contributed by atoms with E-state index in [4.69, 9.17) is 9.47 Å². The number of benzene rings is 1. The fourth-order valence-corrected chi connectivity index (χ4v) is 3.77. The van der Waals surface area contributed by atoms with Crippen LogP contribution in [0.5, 0.6) is 11.6 Å². The molecule has 4 rings (SSSR count). The average Bonchev–Trinajstić information content (AvgIpc) is 2.79. The molecule has 1 aliphatic heterocycles. The van der Waals surface area contributed by atoms with Gasteiger partial charge in [-0.3, -0.25) is 0 Å². The fraction of sp³-hybridized carbons (Fsp3) is 0.348. The summed E-state index contributed by atoms with van der Waals surface area (Å²) in [6.45, 7) is 2.52. The van der Waals surface area contributed by atoms with E-state index in [2.05, 4.69) is 43.8 Å². The molecule has 174 valence electrons. The predicted octanol–water partition coefficient (Wildman–Crippen LogP) is 4.51. The smallest absolute Gasteiger partial charge is 0.387 e. The Bertz CT molecular complexity index is 1070.